The third-order valence-electron chi connectivity index (χ3n) is 3.59. The van der Waals surface area contributed by atoms with Crippen LogP contribution >= 0.6 is 0 Å². The highest BCUT2D eigenvalue weighted by atomic mass is 19.3. The number of nitrogens with zero attached hydrogens (tertiary/aromatic N) is 1. The molecular formula is C9H10BF2NO2. The van der Waals surface area contributed by atoms with Crippen LogP contribution in [0.3, 0.4) is 0 Å². The molecular weight excluding hydrogens is 203 g/mol. The van der Waals surface area contributed by atoms with Gasteiger partial charge in [0.25, 0.3) is 12.6 Å². The molecule has 0 aromatic carbocycles. The van der Waals surface area contributed by atoms with Gasteiger partial charge >= 0.3 is 5.97 Å². The molecule has 1 aliphatic heterocycles. The van der Waals surface area contributed by atoms with Gasteiger partial charge in [0.05, 0.1) is 12.9 Å². The fraction of sp³-hybridized carbons (Fsp3) is 0.778. The molecule has 1 spiro atoms. The Kier molecular flexibility index (Phi) is 2.04. The molecule has 1 saturated heterocycles. The van der Waals surface area contributed by atoms with Crippen LogP contribution < -0.4 is 0 Å². The second-order valence-corrected chi connectivity index (χ2v) is 4.44. The number of halogens is 2. The number of rotatable bonds is 1. The van der Waals surface area contributed by atoms with Gasteiger partial charge in [-0.3, -0.25) is 4.79 Å². The fourth-order valence-electron chi connectivity index (χ4n) is 2.57. The highest BCUT2D eigenvalue weighted by Gasteiger charge is 2.75. The number of hydrogen-bond acceptors (Lipinski definition) is 3. The standard InChI is InChI=1S/C9H10BF2NO2/c1-15-7(14)6-2-8(3-9(8,11)12)4-10(6)5-13/h6H,2-4H2,1H3. The van der Waals surface area contributed by atoms with Gasteiger partial charge in [0.2, 0.25) is 0 Å². The first kappa shape index (κ1) is 10.4. The number of esters is 1. The lowest BCUT2D eigenvalue weighted by Crippen LogP contribution is -2.21. The summed E-state index contributed by atoms with van der Waals surface area (Å²) in [7, 11) is 1.22. The van der Waals surface area contributed by atoms with Crippen LogP contribution in [0.1, 0.15) is 12.8 Å². The normalized spacial score (nSPS) is 36.4. The van der Waals surface area contributed by atoms with E-state index in [9.17, 15) is 13.6 Å². The molecule has 15 heavy (non-hydrogen) atoms. The van der Waals surface area contributed by atoms with Gasteiger partial charge in [0, 0.05) is 17.8 Å². The van der Waals surface area contributed by atoms with Crippen molar-refractivity contribution in [1.29, 1.82) is 5.26 Å². The quantitative estimate of drug-likeness (QED) is 0.490. The first-order valence-corrected chi connectivity index (χ1v) is 4.81. The van der Waals surface area contributed by atoms with Gasteiger partial charge in [0.1, 0.15) is 0 Å². The van der Waals surface area contributed by atoms with Gasteiger partial charge in [-0.1, -0.05) is 0 Å². The van der Waals surface area contributed by atoms with Gasteiger partial charge in [-0.2, -0.15) is 0 Å². The molecule has 2 aliphatic rings. The Bertz CT molecular complexity index is 355. The van der Waals surface area contributed by atoms with E-state index in [0.717, 1.165) is 0 Å². The Morgan fingerprint density at radius 1 is 1.67 bits per heavy atom. The molecule has 3 nitrogen and oxygen atoms in total. The number of alkyl halides is 2. The predicted octanol–water partition coefficient (Wildman–Crippen LogP) is 1.52. The van der Waals surface area contributed by atoms with Crippen molar-refractivity contribution in [1.82, 2.24) is 0 Å². The van der Waals surface area contributed by atoms with Crippen molar-refractivity contribution in [2.45, 2.75) is 30.9 Å². The fourth-order valence-corrected chi connectivity index (χ4v) is 2.57. The summed E-state index contributed by atoms with van der Waals surface area (Å²) >= 11 is 0. The smallest absolute Gasteiger partial charge is 0.302 e. The SMILES string of the molecule is COC(=O)C1CC2(CB1C#N)CC2(F)F. The van der Waals surface area contributed by atoms with E-state index >= 15 is 0 Å². The predicted molar refractivity (Wildman–Crippen MR) is 48.6 cm³/mol. The van der Waals surface area contributed by atoms with Crippen molar-refractivity contribution in [3.8, 4) is 5.97 Å². The summed E-state index contributed by atoms with van der Waals surface area (Å²) < 4.78 is 30.7. The van der Waals surface area contributed by atoms with E-state index in [2.05, 4.69) is 4.74 Å². The topological polar surface area (TPSA) is 50.1 Å². The molecule has 1 saturated carbocycles. The van der Waals surface area contributed by atoms with Gasteiger partial charge in [0.15, 0.2) is 0 Å². The third-order valence-corrected chi connectivity index (χ3v) is 3.59. The van der Waals surface area contributed by atoms with Crippen LogP contribution in [0.15, 0.2) is 0 Å². The molecule has 2 atom stereocenters. The van der Waals surface area contributed by atoms with Gasteiger partial charge in [-0.05, 0) is 12.7 Å². The maximum atomic E-state index is 13.1. The van der Waals surface area contributed by atoms with E-state index in [1.54, 1.807) is 0 Å². The molecule has 0 aromatic rings. The van der Waals surface area contributed by atoms with Crippen LogP contribution in [0.25, 0.3) is 0 Å². The van der Waals surface area contributed by atoms with Crippen molar-refractivity contribution >= 4 is 12.7 Å². The highest BCUT2D eigenvalue weighted by molar-refractivity contribution is 6.72. The molecule has 0 radical (unpaired) electrons. The summed E-state index contributed by atoms with van der Waals surface area (Å²) in [6.07, 6.45) is 0.0207. The van der Waals surface area contributed by atoms with E-state index in [4.69, 9.17) is 5.26 Å². The van der Waals surface area contributed by atoms with Crippen molar-refractivity contribution in [3.63, 3.8) is 0 Å². The van der Waals surface area contributed by atoms with Crippen LogP contribution in [-0.4, -0.2) is 25.7 Å². The number of carbonyl (C=O) groups is 1. The summed E-state index contributed by atoms with van der Waals surface area (Å²) in [5.41, 5.74) is -1.09. The van der Waals surface area contributed by atoms with E-state index in [1.807, 2.05) is 5.97 Å². The zero-order chi connectivity index (χ0) is 11.3. The maximum Gasteiger partial charge on any atom is 0.302 e. The van der Waals surface area contributed by atoms with Gasteiger partial charge in [-0.25, -0.2) is 14.0 Å². The minimum absolute atomic E-state index is 0.0882. The Balaban J connectivity index is 2.16. The molecule has 0 N–H and O–H groups in total. The number of carbonyl (C=O) groups excluding carboxylic acids is 1. The van der Waals surface area contributed by atoms with Crippen molar-refractivity contribution < 1.29 is 18.3 Å². The lowest BCUT2D eigenvalue weighted by molar-refractivity contribution is -0.140. The van der Waals surface area contributed by atoms with Crippen molar-refractivity contribution in [2.75, 3.05) is 7.11 Å². The molecule has 2 fully saturated rings. The number of hydrogen-bond donors (Lipinski definition) is 0. The van der Waals surface area contributed by atoms with Crippen LogP contribution in [0.2, 0.25) is 12.1 Å². The molecule has 6 heteroatoms. The summed E-state index contributed by atoms with van der Waals surface area (Å²) in [6.45, 7) is -0.620. The van der Waals surface area contributed by atoms with E-state index in [1.165, 1.54) is 7.11 Å². The number of methoxy groups -OCH3 is 1. The highest BCUT2D eigenvalue weighted by Crippen LogP contribution is 2.71. The lowest BCUT2D eigenvalue weighted by Gasteiger charge is -2.08. The van der Waals surface area contributed by atoms with E-state index < -0.39 is 29.8 Å². The number of nitriles is 1. The van der Waals surface area contributed by atoms with Gasteiger partial charge < -0.3 is 4.74 Å². The monoisotopic (exact) mass is 213 g/mol. The Hall–Kier alpha value is -1.12. The summed E-state index contributed by atoms with van der Waals surface area (Å²) in [5.74, 6) is -1.97. The summed E-state index contributed by atoms with van der Waals surface area (Å²) in [5, 5.41) is 8.81. The van der Waals surface area contributed by atoms with Gasteiger partial charge in [-0.15, -0.1) is 0 Å². The molecule has 0 bridgehead atoms. The lowest BCUT2D eigenvalue weighted by atomic mass is 9.43. The Morgan fingerprint density at radius 2 is 2.27 bits per heavy atom. The average Bonchev–Trinajstić information content (AvgIpc) is 2.59. The zero-order valence-corrected chi connectivity index (χ0v) is 8.30. The Labute approximate surface area is 86.5 Å². The second kappa shape index (κ2) is 2.94. The molecule has 0 amide bonds. The average molecular weight is 213 g/mol. The molecule has 1 heterocycles. The van der Waals surface area contributed by atoms with Crippen molar-refractivity contribution in [3.05, 3.63) is 0 Å². The molecule has 80 valence electrons. The van der Waals surface area contributed by atoms with E-state index in [0.29, 0.717) is 0 Å². The number of ether oxygens (including phenoxy) is 1. The largest absolute Gasteiger partial charge is 0.469 e. The minimum Gasteiger partial charge on any atom is -0.469 e. The molecule has 0 aromatic heterocycles. The van der Waals surface area contributed by atoms with Crippen LogP contribution in [0, 0.1) is 16.6 Å². The van der Waals surface area contributed by atoms with Crippen LogP contribution in [-0.2, 0) is 9.53 Å². The third kappa shape index (κ3) is 1.33. The first-order valence-electron chi connectivity index (χ1n) is 4.81. The first-order chi connectivity index (χ1) is 6.96. The van der Waals surface area contributed by atoms with Crippen molar-refractivity contribution in [2.24, 2.45) is 5.41 Å². The summed E-state index contributed by atoms with van der Waals surface area (Å²) in [4.78, 5) is 11.3. The van der Waals surface area contributed by atoms with E-state index in [-0.39, 0.29) is 19.2 Å². The van der Waals surface area contributed by atoms with Crippen LogP contribution in [0.5, 0.6) is 0 Å². The summed E-state index contributed by atoms with van der Waals surface area (Å²) in [6, 6.07) is 0. The van der Waals surface area contributed by atoms with Crippen LogP contribution in [0.4, 0.5) is 8.78 Å². The molecule has 2 rings (SSSR count). The minimum atomic E-state index is -2.69. The molecule has 2 unspecified atom stereocenters. The maximum absolute atomic E-state index is 13.1. The Morgan fingerprint density at radius 3 is 2.67 bits per heavy atom. The zero-order valence-electron chi connectivity index (χ0n) is 8.30. The molecule has 1 aliphatic carbocycles. The second-order valence-electron chi connectivity index (χ2n) is 4.44.